The minimum Gasteiger partial charge on any atom is -0.380 e. The van der Waals surface area contributed by atoms with Gasteiger partial charge in [0.1, 0.15) is 27.0 Å². The summed E-state index contributed by atoms with van der Waals surface area (Å²) in [5.41, 5.74) is 2.24. The van der Waals surface area contributed by atoms with E-state index >= 15 is 0 Å². The summed E-state index contributed by atoms with van der Waals surface area (Å²) >= 11 is 6.15. The topological polar surface area (TPSA) is 127 Å². The lowest BCUT2D eigenvalue weighted by Gasteiger charge is -2.23. The highest BCUT2D eigenvalue weighted by atomic mass is 35.5. The molecule has 2 aromatic heterocycles. The first-order valence-corrected chi connectivity index (χ1v) is 15.7. The molecule has 1 N–H and O–H groups in total. The molecule has 41 heavy (non-hydrogen) atoms. The van der Waals surface area contributed by atoms with Crippen LogP contribution in [0, 0.1) is 6.92 Å². The first-order valence-electron chi connectivity index (χ1n) is 13.8. The monoisotopic (exact) mass is 599 g/mol. The number of benzene rings is 1. The lowest BCUT2D eigenvalue weighted by atomic mass is 9.97. The number of hydrogen-bond donors (Lipinski definition) is 1. The van der Waals surface area contributed by atoms with Crippen LogP contribution in [0.1, 0.15) is 68.7 Å². The number of rotatable bonds is 11. The molecule has 1 aliphatic carbocycles. The summed E-state index contributed by atoms with van der Waals surface area (Å²) in [6.45, 7) is 4.35. The number of anilines is 1. The third-order valence-electron chi connectivity index (χ3n) is 7.63. The van der Waals surface area contributed by atoms with E-state index in [0.29, 0.717) is 17.8 Å². The predicted octanol–water partition coefficient (Wildman–Crippen LogP) is 5.89. The van der Waals surface area contributed by atoms with Crippen molar-refractivity contribution >= 4 is 39.3 Å². The van der Waals surface area contributed by atoms with Gasteiger partial charge in [0.2, 0.25) is 0 Å². The zero-order chi connectivity index (χ0) is 29.2. The molecule has 1 amide bonds. The first kappa shape index (κ1) is 29.2. The SMILES string of the molecule is CCCCC1=NC2(CCCC2)C(=O)N1Cc1ccc(-c2ncccc2S(=O)(=O)Nc2onc(C)c2Cl)c(COC)c1. The quantitative estimate of drug-likeness (QED) is 0.291. The van der Waals surface area contributed by atoms with Crippen LogP contribution in [0.15, 0.2) is 50.9 Å². The van der Waals surface area contributed by atoms with Crippen LogP contribution < -0.4 is 4.72 Å². The van der Waals surface area contributed by atoms with Crippen molar-refractivity contribution in [3.05, 3.63) is 58.4 Å². The standard InChI is InChI=1S/C29H34ClN5O5S/c1-4-5-10-24-32-29(13-6-7-14-29)28(36)35(24)17-20-11-12-22(21(16-20)18-39-3)26-23(9-8-15-31-26)41(37,38)34-27-25(30)19(2)33-40-27/h8-9,11-12,15-16,34H,4-7,10,13-14,17-18H2,1-3H3. The molecule has 1 spiro atoms. The second-order valence-corrected chi connectivity index (χ2v) is 12.6. The zero-order valence-electron chi connectivity index (χ0n) is 23.4. The third kappa shape index (κ3) is 5.75. The molecule has 10 nitrogen and oxygen atoms in total. The highest BCUT2D eigenvalue weighted by Gasteiger charge is 2.49. The van der Waals surface area contributed by atoms with Crippen LogP contribution in [0.25, 0.3) is 11.3 Å². The van der Waals surface area contributed by atoms with Crippen LogP contribution in [0.4, 0.5) is 5.88 Å². The summed E-state index contributed by atoms with van der Waals surface area (Å²) in [5.74, 6) is 0.785. The van der Waals surface area contributed by atoms with Gasteiger partial charge in [-0.05, 0) is 49.4 Å². The third-order valence-corrected chi connectivity index (χ3v) is 9.43. The van der Waals surface area contributed by atoms with E-state index in [0.717, 1.165) is 61.9 Å². The Kier molecular flexibility index (Phi) is 8.49. The van der Waals surface area contributed by atoms with Crippen molar-refractivity contribution in [2.75, 3.05) is 11.8 Å². The van der Waals surface area contributed by atoms with E-state index in [1.165, 1.54) is 12.3 Å². The minimum atomic E-state index is -4.14. The fourth-order valence-electron chi connectivity index (χ4n) is 5.54. The molecule has 1 saturated carbocycles. The molecule has 0 bridgehead atoms. The molecule has 0 unspecified atom stereocenters. The summed E-state index contributed by atoms with van der Waals surface area (Å²) < 4.78 is 39.8. The predicted molar refractivity (Wildman–Crippen MR) is 156 cm³/mol. The van der Waals surface area contributed by atoms with E-state index in [4.69, 9.17) is 25.9 Å². The number of carbonyl (C=O) groups excluding carboxylic acids is 1. The van der Waals surface area contributed by atoms with Crippen LogP contribution >= 0.6 is 11.6 Å². The summed E-state index contributed by atoms with van der Waals surface area (Å²) in [7, 11) is -2.56. The molecule has 12 heteroatoms. The van der Waals surface area contributed by atoms with Gasteiger partial charge >= 0.3 is 0 Å². The molecule has 3 heterocycles. The second kappa shape index (κ2) is 11.9. The van der Waals surface area contributed by atoms with Gasteiger partial charge in [-0.3, -0.25) is 19.7 Å². The number of amidine groups is 1. The average Bonchev–Trinajstić information content (AvgIpc) is 3.63. The molecular weight excluding hydrogens is 566 g/mol. The Labute approximate surface area is 245 Å². The maximum Gasteiger partial charge on any atom is 0.266 e. The Morgan fingerprint density at radius 1 is 1.22 bits per heavy atom. The van der Waals surface area contributed by atoms with Crippen molar-refractivity contribution in [1.82, 2.24) is 15.0 Å². The van der Waals surface area contributed by atoms with Gasteiger partial charge in [0.05, 0.1) is 18.8 Å². The number of aryl methyl sites for hydroxylation is 1. The summed E-state index contributed by atoms with van der Waals surface area (Å²) in [6, 6.07) is 8.68. The van der Waals surface area contributed by atoms with Crippen LogP contribution in [0.2, 0.25) is 5.02 Å². The van der Waals surface area contributed by atoms with Crippen LogP contribution in [0.3, 0.4) is 0 Å². The van der Waals surface area contributed by atoms with Gasteiger partial charge in [0.15, 0.2) is 0 Å². The van der Waals surface area contributed by atoms with Crippen molar-refractivity contribution in [3.8, 4) is 11.3 Å². The first-order chi connectivity index (χ1) is 19.7. The van der Waals surface area contributed by atoms with Crippen molar-refractivity contribution < 1.29 is 22.5 Å². The number of carbonyl (C=O) groups is 1. The van der Waals surface area contributed by atoms with Gasteiger partial charge in [-0.25, -0.2) is 13.1 Å². The zero-order valence-corrected chi connectivity index (χ0v) is 25.0. The number of sulfonamides is 1. The van der Waals surface area contributed by atoms with Crippen LogP contribution in [-0.2, 0) is 32.7 Å². The van der Waals surface area contributed by atoms with Crippen molar-refractivity contribution in [3.63, 3.8) is 0 Å². The number of halogens is 1. The van der Waals surface area contributed by atoms with E-state index in [1.54, 1.807) is 20.1 Å². The van der Waals surface area contributed by atoms with E-state index < -0.39 is 15.6 Å². The largest absolute Gasteiger partial charge is 0.380 e. The summed E-state index contributed by atoms with van der Waals surface area (Å²) in [5, 5.41) is 3.80. The van der Waals surface area contributed by atoms with Gasteiger partial charge in [0.25, 0.3) is 21.8 Å². The lowest BCUT2D eigenvalue weighted by molar-refractivity contribution is -0.131. The van der Waals surface area contributed by atoms with E-state index in [1.807, 2.05) is 23.1 Å². The van der Waals surface area contributed by atoms with Crippen molar-refractivity contribution in [1.29, 1.82) is 0 Å². The van der Waals surface area contributed by atoms with Gasteiger partial charge < -0.3 is 9.26 Å². The summed E-state index contributed by atoms with van der Waals surface area (Å²) in [6.07, 6.45) is 7.93. The van der Waals surface area contributed by atoms with Gasteiger partial charge in [-0.2, -0.15) is 0 Å². The normalized spacial score (nSPS) is 16.5. The molecule has 3 aromatic rings. The number of methoxy groups -OCH3 is 1. The Morgan fingerprint density at radius 2 is 2.00 bits per heavy atom. The number of pyridine rings is 1. The Hall–Kier alpha value is -3.28. The van der Waals surface area contributed by atoms with Gasteiger partial charge in [0, 0.05) is 25.3 Å². The molecular formula is C29H34ClN5O5S. The smallest absolute Gasteiger partial charge is 0.266 e. The number of nitrogens with one attached hydrogen (secondary N) is 1. The molecule has 218 valence electrons. The number of ether oxygens (including phenoxy) is 1. The Bertz CT molecular complexity index is 1580. The lowest BCUT2D eigenvalue weighted by Crippen LogP contribution is -2.40. The highest BCUT2D eigenvalue weighted by Crippen LogP contribution is 2.40. The van der Waals surface area contributed by atoms with Crippen LogP contribution in [-0.4, -0.2) is 47.8 Å². The fourth-order valence-corrected chi connectivity index (χ4v) is 6.88. The van der Waals surface area contributed by atoms with Crippen molar-refractivity contribution in [2.24, 2.45) is 4.99 Å². The molecule has 1 fully saturated rings. The number of unbranched alkanes of at least 4 members (excludes halogenated alkanes) is 1. The molecule has 2 aliphatic rings. The molecule has 0 atom stereocenters. The second-order valence-electron chi connectivity index (χ2n) is 10.6. The maximum absolute atomic E-state index is 13.6. The molecule has 0 radical (unpaired) electrons. The van der Waals surface area contributed by atoms with E-state index in [-0.39, 0.29) is 34.0 Å². The molecule has 1 aliphatic heterocycles. The van der Waals surface area contributed by atoms with Gasteiger partial charge in [-0.15, -0.1) is 0 Å². The molecule has 5 rings (SSSR count). The van der Waals surface area contributed by atoms with Crippen LogP contribution in [0.5, 0.6) is 0 Å². The number of hydrogen-bond acceptors (Lipinski definition) is 8. The number of amides is 1. The average molecular weight is 600 g/mol. The number of aromatic nitrogens is 2. The van der Waals surface area contributed by atoms with Crippen molar-refractivity contribution in [2.45, 2.75) is 82.4 Å². The highest BCUT2D eigenvalue weighted by molar-refractivity contribution is 7.92. The number of nitrogens with zero attached hydrogens (tertiary/aromatic N) is 4. The fraction of sp³-hybridized carbons (Fsp3) is 0.448. The van der Waals surface area contributed by atoms with E-state index in [9.17, 15) is 13.2 Å². The Morgan fingerprint density at radius 3 is 2.68 bits per heavy atom. The number of aliphatic imine (C=N–C) groups is 1. The minimum absolute atomic E-state index is 0.0536. The summed E-state index contributed by atoms with van der Waals surface area (Å²) in [4.78, 5) is 24.8. The van der Waals surface area contributed by atoms with E-state index in [2.05, 4.69) is 21.8 Å². The Balaban J connectivity index is 1.47. The van der Waals surface area contributed by atoms with Gasteiger partial charge in [-0.1, -0.05) is 61.1 Å². The molecule has 0 saturated heterocycles. The maximum atomic E-state index is 13.6. The molecule has 1 aromatic carbocycles.